The van der Waals surface area contributed by atoms with Gasteiger partial charge in [0.05, 0.1) is 29.5 Å². The molecule has 2 N–H and O–H groups in total. The van der Waals surface area contributed by atoms with Gasteiger partial charge in [-0.1, -0.05) is 24.3 Å². The molecule has 0 saturated heterocycles. The van der Waals surface area contributed by atoms with Gasteiger partial charge in [-0.15, -0.1) is 0 Å². The fourth-order valence-electron chi connectivity index (χ4n) is 4.43. The minimum atomic E-state index is -1.45. The monoisotopic (exact) mass is 357 g/mol. The van der Waals surface area contributed by atoms with Crippen LogP contribution in [0, 0.1) is 39.9 Å². The normalized spacial score (nSPS) is 22.7. The summed E-state index contributed by atoms with van der Waals surface area (Å²) in [6, 6.07) is 14.0. The molecule has 1 heterocycles. The van der Waals surface area contributed by atoms with Crippen LogP contribution in [0.5, 0.6) is 0 Å². The van der Waals surface area contributed by atoms with Crippen LogP contribution in [0.1, 0.15) is 47.6 Å². The van der Waals surface area contributed by atoms with Crippen molar-refractivity contribution < 1.29 is 0 Å². The molecule has 1 aromatic carbocycles. The molecule has 0 unspecified atom stereocenters. The molecule has 5 nitrogen and oxygen atoms in total. The van der Waals surface area contributed by atoms with Crippen LogP contribution in [-0.4, -0.2) is 4.37 Å². The maximum absolute atomic E-state index is 10.1. The van der Waals surface area contributed by atoms with Crippen LogP contribution in [0.4, 0.5) is 5.00 Å². The molecule has 2 aliphatic rings. The second kappa shape index (κ2) is 5.99. The fourth-order valence-corrected chi connectivity index (χ4v) is 5.16. The predicted molar refractivity (Wildman–Crippen MR) is 98.6 cm³/mol. The van der Waals surface area contributed by atoms with Crippen molar-refractivity contribution >= 4 is 22.1 Å². The zero-order valence-corrected chi connectivity index (χ0v) is 14.8. The highest BCUT2D eigenvalue weighted by atomic mass is 32.1. The second-order valence-electron chi connectivity index (χ2n) is 6.68. The van der Waals surface area contributed by atoms with E-state index in [1.807, 2.05) is 12.1 Å². The topological polar surface area (TPSA) is 110 Å². The van der Waals surface area contributed by atoms with Crippen molar-refractivity contribution in [2.75, 3.05) is 5.73 Å². The fraction of sp³-hybridized carbons (Fsp3) is 0.300. The third-order valence-corrected chi connectivity index (χ3v) is 6.18. The van der Waals surface area contributed by atoms with Crippen molar-refractivity contribution in [2.45, 2.75) is 30.6 Å². The molecule has 0 amide bonds. The van der Waals surface area contributed by atoms with Crippen molar-refractivity contribution in [1.82, 2.24) is 4.37 Å². The molecule has 0 spiro atoms. The van der Waals surface area contributed by atoms with Crippen LogP contribution in [0.3, 0.4) is 0 Å². The summed E-state index contributed by atoms with van der Waals surface area (Å²) in [6.07, 6.45) is 4.95. The highest BCUT2D eigenvalue weighted by Gasteiger charge is 2.55. The maximum atomic E-state index is 10.1. The zero-order chi connectivity index (χ0) is 18.3. The van der Waals surface area contributed by atoms with Gasteiger partial charge < -0.3 is 5.73 Å². The van der Waals surface area contributed by atoms with Gasteiger partial charge in [0.1, 0.15) is 5.00 Å². The van der Waals surface area contributed by atoms with E-state index in [9.17, 15) is 15.8 Å². The number of rotatable bonds is 1. The molecule has 0 aliphatic heterocycles. The third-order valence-electron chi connectivity index (χ3n) is 5.50. The Balaban J connectivity index is 2.09. The van der Waals surface area contributed by atoms with Gasteiger partial charge in [0.2, 0.25) is 0 Å². The van der Waals surface area contributed by atoms with E-state index < -0.39 is 11.3 Å². The molecule has 26 heavy (non-hydrogen) atoms. The Morgan fingerprint density at radius 3 is 2.69 bits per heavy atom. The first kappa shape index (κ1) is 16.3. The van der Waals surface area contributed by atoms with Gasteiger partial charge in [-0.25, -0.2) is 0 Å². The van der Waals surface area contributed by atoms with Crippen molar-refractivity contribution in [3.05, 3.63) is 52.7 Å². The van der Waals surface area contributed by atoms with Crippen LogP contribution < -0.4 is 5.73 Å². The number of aromatic nitrogens is 1. The molecule has 0 fully saturated rings. The van der Waals surface area contributed by atoms with E-state index in [4.69, 9.17) is 5.73 Å². The lowest BCUT2D eigenvalue weighted by molar-refractivity contribution is 0.373. The van der Waals surface area contributed by atoms with Crippen molar-refractivity contribution in [3.63, 3.8) is 0 Å². The highest BCUT2D eigenvalue weighted by Crippen LogP contribution is 2.58. The Morgan fingerprint density at radius 1 is 1.19 bits per heavy atom. The maximum Gasteiger partial charge on any atom is 0.194 e. The molecule has 6 heteroatoms. The molecule has 126 valence electrons. The first-order valence-electron chi connectivity index (χ1n) is 8.45. The van der Waals surface area contributed by atoms with E-state index in [2.05, 4.69) is 28.7 Å². The molecule has 2 atom stereocenters. The first-order chi connectivity index (χ1) is 12.7. The molecule has 0 radical (unpaired) electrons. The number of nitrogens with zero attached hydrogens (tertiary/aromatic N) is 4. The van der Waals surface area contributed by atoms with Gasteiger partial charge in [0.15, 0.2) is 5.41 Å². The Morgan fingerprint density at radius 2 is 1.96 bits per heavy atom. The summed E-state index contributed by atoms with van der Waals surface area (Å²) in [5.74, 6) is -0.461. The molecule has 0 bridgehead atoms. The largest absolute Gasteiger partial charge is 0.389 e. The molecule has 1 aromatic heterocycles. The van der Waals surface area contributed by atoms with Crippen LogP contribution >= 0.6 is 11.5 Å². The number of fused-ring (bicyclic) bond motifs is 3. The van der Waals surface area contributed by atoms with E-state index in [-0.39, 0.29) is 5.92 Å². The summed E-state index contributed by atoms with van der Waals surface area (Å²) in [7, 11) is 0. The van der Waals surface area contributed by atoms with Crippen LogP contribution in [0.2, 0.25) is 0 Å². The minimum Gasteiger partial charge on any atom is -0.389 e. The number of hydrogen-bond donors (Lipinski definition) is 1. The quantitative estimate of drug-likeness (QED) is 0.833. The van der Waals surface area contributed by atoms with Crippen LogP contribution in [0.15, 0.2) is 30.3 Å². The summed E-state index contributed by atoms with van der Waals surface area (Å²) >= 11 is 1.14. The average Bonchev–Trinajstić information content (AvgIpc) is 3.09. The molecular weight excluding hydrogens is 342 g/mol. The summed E-state index contributed by atoms with van der Waals surface area (Å²) in [5, 5.41) is 30.4. The Labute approximate surface area is 155 Å². The minimum absolute atomic E-state index is 0.0243. The van der Waals surface area contributed by atoms with E-state index in [1.54, 1.807) is 12.1 Å². The average molecular weight is 357 g/mol. The zero-order valence-electron chi connectivity index (χ0n) is 13.9. The third kappa shape index (κ3) is 2.02. The van der Waals surface area contributed by atoms with Gasteiger partial charge in [-0.2, -0.15) is 20.2 Å². The summed E-state index contributed by atoms with van der Waals surface area (Å²) in [6.45, 7) is 0. The summed E-state index contributed by atoms with van der Waals surface area (Å²) in [4.78, 5) is 0. The van der Waals surface area contributed by atoms with Gasteiger partial charge in [-0.05, 0) is 53.9 Å². The number of nitrogen functional groups attached to an aromatic ring is 1. The highest BCUT2D eigenvalue weighted by molar-refractivity contribution is 7.10. The first-order valence-corrected chi connectivity index (χ1v) is 9.23. The number of nitriles is 3. The lowest BCUT2D eigenvalue weighted by Crippen LogP contribution is -2.41. The lowest BCUT2D eigenvalue weighted by Gasteiger charge is -2.43. The second-order valence-corrected chi connectivity index (χ2v) is 7.48. The number of hydrogen-bond acceptors (Lipinski definition) is 6. The summed E-state index contributed by atoms with van der Waals surface area (Å²) < 4.78 is 4.42. The Bertz CT molecular complexity index is 1030. The number of allylic oxidation sites excluding steroid dienone is 2. The van der Waals surface area contributed by atoms with Crippen LogP contribution in [0.25, 0.3) is 5.57 Å². The molecule has 0 saturated carbocycles. The summed E-state index contributed by atoms with van der Waals surface area (Å²) in [5.41, 5.74) is 8.28. The number of benzene rings is 1. The van der Waals surface area contributed by atoms with E-state index in [0.717, 1.165) is 47.5 Å². The van der Waals surface area contributed by atoms with Gasteiger partial charge in [-0.3, -0.25) is 0 Å². The van der Waals surface area contributed by atoms with Gasteiger partial charge >= 0.3 is 0 Å². The van der Waals surface area contributed by atoms with Gasteiger partial charge in [0.25, 0.3) is 0 Å². The van der Waals surface area contributed by atoms with E-state index in [1.165, 1.54) is 0 Å². The molecule has 2 aliphatic carbocycles. The van der Waals surface area contributed by atoms with Crippen LogP contribution in [-0.2, 0) is 5.41 Å². The lowest BCUT2D eigenvalue weighted by atomic mass is 9.56. The molecule has 4 rings (SSSR count). The molecule has 2 aromatic rings. The number of nitrogens with two attached hydrogens (primary N) is 1. The van der Waals surface area contributed by atoms with E-state index >= 15 is 0 Å². The Kier molecular flexibility index (Phi) is 3.76. The predicted octanol–water partition coefficient (Wildman–Crippen LogP) is 3.86. The number of anilines is 1. The van der Waals surface area contributed by atoms with Crippen molar-refractivity contribution in [1.29, 1.82) is 15.8 Å². The van der Waals surface area contributed by atoms with Gasteiger partial charge in [0, 0.05) is 11.5 Å². The standard InChI is InChI=1S/C20H15N5S/c21-9-12-5-1-2-6-13(12)17-15-8-4-3-7-14(15)16-18(25-26-19(16)24)20(17,10-22)11-23/h1-2,5-7,15,17H,3-4,8,24H2/t15-,17-/m1/s1. The smallest absolute Gasteiger partial charge is 0.194 e. The van der Waals surface area contributed by atoms with E-state index in [0.29, 0.717) is 16.3 Å². The van der Waals surface area contributed by atoms with Crippen molar-refractivity contribution in [3.8, 4) is 18.2 Å². The van der Waals surface area contributed by atoms with Crippen molar-refractivity contribution in [2.24, 2.45) is 5.92 Å². The Hall–Kier alpha value is -3.14. The molecular formula is C20H15N5S. The SMILES string of the molecule is N#Cc1ccccc1[C@@H]1[C@@H]2CCCC=C2c2c(nsc2N)C1(C#N)C#N.